The fraction of sp³-hybridized carbons (Fsp3) is 0.462. The van der Waals surface area contributed by atoms with Crippen LogP contribution in [0.4, 0.5) is 5.69 Å². The lowest BCUT2D eigenvalue weighted by atomic mass is 10.1. The van der Waals surface area contributed by atoms with Gasteiger partial charge in [-0.05, 0) is 24.7 Å². The molecular formula is C13H16ClN3O3. The average Bonchev–Trinajstić information content (AvgIpc) is 2.41. The normalized spacial score (nSPS) is 17.1. The van der Waals surface area contributed by atoms with E-state index in [-0.39, 0.29) is 11.3 Å². The highest BCUT2D eigenvalue weighted by molar-refractivity contribution is 6.67. The van der Waals surface area contributed by atoms with Gasteiger partial charge in [-0.15, -0.1) is 0 Å². The predicted molar refractivity (Wildman–Crippen MR) is 76.1 cm³/mol. The molecule has 1 fully saturated rings. The molecule has 1 aliphatic heterocycles. The van der Waals surface area contributed by atoms with Crippen molar-refractivity contribution in [2.75, 3.05) is 33.2 Å². The number of carbonyl (C=O) groups excluding carboxylic acids is 1. The van der Waals surface area contributed by atoms with Crippen molar-refractivity contribution in [3.8, 4) is 0 Å². The standard InChI is InChI=1S/C13H16ClN3O3/c1-15-4-6-16(7-5-15)9-11-3-2-10(13(14)18)8-12(11)17(19)20/h2-3,8H,4-7,9H2,1H3. The van der Waals surface area contributed by atoms with Crippen molar-refractivity contribution in [2.45, 2.75) is 6.54 Å². The highest BCUT2D eigenvalue weighted by Gasteiger charge is 2.20. The van der Waals surface area contributed by atoms with Gasteiger partial charge in [0.25, 0.3) is 10.9 Å². The minimum atomic E-state index is -0.681. The molecule has 0 unspecified atom stereocenters. The molecule has 7 heteroatoms. The molecule has 0 atom stereocenters. The molecule has 1 aliphatic rings. The lowest BCUT2D eigenvalue weighted by Gasteiger charge is -2.32. The summed E-state index contributed by atoms with van der Waals surface area (Å²) in [6.45, 7) is 4.17. The maximum absolute atomic E-state index is 11.1. The summed E-state index contributed by atoms with van der Waals surface area (Å²) >= 11 is 5.36. The Kier molecular flexibility index (Phi) is 4.69. The summed E-state index contributed by atoms with van der Waals surface area (Å²) in [6.07, 6.45) is 0. The molecule has 0 spiro atoms. The summed E-state index contributed by atoms with van der Waals surface area (Å²) in [6, 6.07) is 4.40. The Balaban J connectivity index is 2.18. The van der Waals surface area contributed by atoms with Crippen LogP contribution in [0.5, 0.6) is 0 Å². The summed E-state index contributed by atoms with van der Waals surface area (Å²) in [5.74, 6) is 0. The Morgan fingerprint density at radius 3 is 2.55 bits per heavy atom. The van der Waals surface area contributed by atoms with Crippen LogP contribution in [0.3, 0.4) is 0 Å². The van der Waals surface area contributed by atoms with Gasteiger partial charge in [0.05, 0.1) is 4.92 Å². The largest absolute Gasteiger partial charge is 0.304 e. The quantitative estimate of drug-likeness (QED) is 0.481. The molecule has 1 aromatic carbocycles. The van der Waals surface area contributed by atoms with Gasteiger partial charge in [0.1, 0.15) is 0 Å². The summed E-state index contributed by atoms with van der Waals surface area (Å²) in [4.78, 5) is 26.1. The molecule has 20 heavy (non-hydrogen) atoms. The van der Waals surface area contributed by atoms with Crippen molar-refractivity contribution in [2.24, 2.45) is 0 Å². The molecule has 0 bridgehead atoms. The van der Waals surface area contributed by atoms with Crippen molar-refractivity contribution in [1.29, 1.82) is 0 Å². The van der Waals surface area contributed by atoms with E-state index in [0.717, 1.165) is 26.2 Å². The zero-order valence-electron chi connectivity index (χ0n) is 11.2. The number of nitro groups is 1. The number of hydrogen-bond donors (Lipinski definition) is 0. The third-order valence-electron chi connectivity index (χ3n) is 3.50. The molecule has 0 aromatic heterocycles. The zero-order chi connectivity index (χ0) is 14.7. The number of benzene rings is 1. The number of rotatable bonds is 4. The third-order valence-corrected chi connectivity index (χ3v) is 3.72. The predicted octanol–water partition coefficient (Wildman–Crippen LogP) is 1.72. The molecule has 108 valence electrons. The van der Waals surface area contributed by atoms with Gasteiger partial charge in [0.2, 0.25) is 0 Å². The van der Waals surface area contributed by atoms with Gasteiger partial charge in [-0.2, -0.15) is 0 Å². The number of nitrogens with zero attached hydrogens (tertiary/aromatic N) is 3. The molecule has 1 heterocycles. The minimum absolute atomic E-state index is 0.0459. The van der Waals surface area contributed by atoms with Gasteiger partial charge in [0, 0.05) is 49.9 Å². The molecular weight excluding hydrogens is 282 g/mol. The first kappa shape index (κ1) is 14.9. The monoisotopic (exact) mass is 297 g/mol. The van der Waals surface area contributed by atoms with Crippen LogP contribution in [0.1, 0.15) is 15.9 Å². The van der Waals surface area contributed by atoms with Gasteiger partial charge in [-0.3, -0.25) is 19.8 Å². The number of halogens is 1. The van der Waals surface area contributed by atoms with E-state index in [1.54, 1.807) is 6.07 Å². The van der Waals surface area contributed by atoms with E-state index in [1.807, 2.05) is 0 Å². The van der Waals surface area contributed by atoms with E-state index in [0.29, 0.717) is 12.1 Å². The maximum Gasteiger partial charge on any atom is 0.274 e. The van der Waals surface area contributed by atoms with E-state index >= 15 is 0 Å². The Morgan fingerprint density at radius 1 is 1.35 bits per heavy atom. The smallest absolute Gasteiger partial charge is 0.274 e. The Hall–Kier alpha value is -1.50. The number of carbonyl (C=O) groups is 1. The highest BCUT2D eigenvalue weighted by atomic mass is 35.5. The average molecular weight is 298 g/mol. The fourth-order valence-corrected chi connectivity index (χ4v) is 2.35. The second-order valence-electron chi connectivity index (χ2n) is 4.95. The van der Waals surface area contributed by atoms with Crippen molar-refractivity contribution < 1.29 is 9.72 Å². The zero-order valence-corrected chi connectivity index (χ0v) is 12.0. The summed E-state index contributed by atoms with van der Waals surface area (Å²) in [7, 11) is 2.06. The van der Waals surface area contributed by atoms with Crippen LogP contribution in [-0.2, 0) is 6.54 Å². The first-order valence-corrected chi connectivity index (χ1v) is 6.73. The number of hydrogen-bond acceptors (Lipinski definition) is 5. The van der Waals surface area contributed by atoms with Crippen LogP contribution >= 0.6 is 11.6 Å². The topological polar surface area (TPSA) is 66.7 Å². The van der Waals surface area contributed by atoms with Crippen molar-refractivity contribution >= 4 is 22.5 Å². The molecule has 1 saturated heterocycles. The van der Waals surface area contributed by atoms with Crippen molar-refractivity contribution in [3.05, 3.63) is 39.4 Å². The second kappa shape index (κ2) is 6.30. The van der Waals surface area contributed by atoms with Crippen LogP contribution in [0.15, 0.2) is 18.2 Å². The molecule has 2 rings (SSSR count). The van der Waals surface area contributed by atoms with Crippen LogP contribution in [0.2, 0.25) is 0 Å². The second-order valence-corrected chi connectivity index (χ2v) is 5.30. The number of piperazine rings is 1. The van der Waals surface area contributed by atoms with Gasteiger partial charge < -0.3 is 4.90 Å². The Labute approximate surface area is 122 Å². The van der Waals surface area contributed by atoms with Gasteiger partial charge in [0.15, 0.2) is 0 Å². The lowest BCUT2D eigenvalue weighted by Crippen LogP contribution is -2.43. The van der Waals surface area contributed by atoms with E-state index in [2.05, 4.69) is 16.8 Å². The van der Waals surface area contributed by atoms with Crippen LogP contribution in [0.25, 0.3) is 0 Å². The molecule has 0 N–H and O–H groups in total. The van der Waals surface area contributed by atoms with Gasteiger partial charge in [-0.25, -0.2) is 0 Å². The molecule has 0 amide bonds. The van der Waals surface area contributed by atoms with E-state index < -0.39 is 10.2 Å². The molecule has 1 aromatic rings. The summed E-state index contributed by atoms with van der Waals surface area (Å²) in [5.41, 5.74) is 0.720. The summed E-state index contributed by atoms with van der Waals surface area (Å²) in [5, 5.41) is 10.4. The number of nitro benzene ring substituents is 1. The Bertz CT molecular complexity index is 528. The van der Waals surface area contributed by atoms with Gasteiger partial charge in [-0.1, -0.05) is 6.07 Å². The Morgan fingerprint density at radius 2 is 2.00 bits per heavy atom. The first-order chi connectivity index (χ1) is 9.47. The number of likely N-dealkylation sites (N-methyl/N-ethyl adjacent to an activating group) is 1. The SMILES string of the molecule is CN1CCN(Cc2ccc(C(=O)Cl)cc2[N+](=O)[O-])CC1. The van der Waals surface area contributed by atoms with E-state index in [9.17, 15) is 14.9 Å². The van der Waals surface area contributed by atoms with E-state index in [4.69, 9.17) is 11.6 Å². The maximum atomic E-state index is 11.1. The minimum Gasteiger partial charge on any atom is -0.304 e. The lowest BCUT2D eigenvalue weighted by molar-refractivity contribution is -0.385. The highest BCUT2D eigenvalue weighted by Crippen LogP contribution is 2.23. The fourth-order valence-electron chi connectivity index (χ4n) is 2.24. The summed E-state index contributed by atoms with van der Waals surface area (Å²) < 4.78 is 0. The molecule has 0 radical (unpaired) electrons. The van der Waals surface area contributed by atoms with Crippen LogP contribution < -0.4 is 0 Å². The first-order valence-electron chi connectivity index (χ1n) is 6.35. The van der Waals surface area contributed by atoms with E-state index in [1.165, 1.54) is 12.1 Å². The van der Waals surface area contributed by atoms with Gasteiger partial charge >= 0.3 is 0 Å². The van der Waals surface area contributed by atoms with Crippen molar-refractivity contribution in [1.82, 2.24) is 9.80 Å². The van der Waals surface area contributed by atoms with Crippen LogP contribution in [0, 0.1) is 10.1 Å². The van der Waals surface area contributed by atoms with Crippen LogP contribution in [-0.4, -0.2) is 53.2 Å². The third kappa shape index (κ3) is 3.53. The molecule has 0 aliphatic carbocycles. The molecule has 6 nitrogen and oxygen atoms in total. The van der Waals surface area contributed by atoms with Crippen molar-refractivity contribution in [3.63, 3.8) is 0 Å². The molecule has 0 saturated carbocycles.